The molecule has 0 saturated heterocycles. The minimum absolute atomic E-state index is 0.103. The van der Waals surface area contributed by atoms with Crippen molar-refractivity contribution < 1.29 is 24.2 Å². The van der Waals surface area contributed by atoms with Crippen molar-refractivity contribution in [3.05, 3.63) is 35.4 Å². The fraction of sp³-hybridized carbons (Fsp3) is 0.786. The topological polar surface area (TPSA) is 92.7 Å². The van der Waals surface area contributed by atoms with Gasteiger partial charge in [-0.05, 0) is 141 Å². The van der Waals surface area contributed by atoms with E-state index < -0.39 is 11.4 Å². The number of benzene rings is 1. The molecule has 5 fully saturated rings. The number of ether oxygens (including phenoxy) is 1. The van der Waals surface area contributed by atoms with Crippen LogP contribution in [0, 0.1) is 63.1 Å². The third-order valence-electron chi connectivity index (χ3n) is 16.2. The van der Waals surface area contributed by atoms with Crippen LogP contribution in [0.5, 0.6) is 0 Å². The number of fused-ring (bicyclic) bond motifs is 7. The van der Waals surface area contributed by atoms with Crippen molar-refractivity contribution in [3.8, 4) is 0 Å². The van der Waals surface area contributed by atoms with Crippen molar-refractivity contribution in [3.63, 3.8) is 0 Å². The lowest BCUT2D eigenvalue weighted by Gasteiger charge is -2.72. The first kappa shape index (κ1) is 35.5. The van der Waals surface area contributed by atoms with E-state index >= 15 is 0 Å². The molecule has 0 heterocycles. The number of rotatable bonds is 8. The predicted molar refractivity (Wildman–Crippen MR) is 189 cm³/mol. The number of carboxylic acids is 1. The number of hydrogen-bond acceptors (Lipinski definition) is 4. The Morgan fingerprint density at radius 3 is 2.29 bits per heavy atom. The number of nitrogens with one attached hydrogen (secondary N) is 1. The summed E-state index contributed by atoms with van der Waals surface area (Å²) in [7, 11) is 0. The van der Waals surface area contributed by atoms with Gasteiger partial charge in [-0.3, -0.25) is 14.4 Å². The highest BCUT2D eigenvalue weighted by Crippen LogP contribution is 2.77. The molecule has 0 bridgehead atoms. The lowest BCUT2D eigenvalue weighted by atomic mass is 9.32. The maximum Gasteiger partial charge on any atom is 0.309 e. The largest absolute Gasteiger partial charge is 0.481 e. The van der Waals surface area contributed by atoms with E-state index in [4.69, 9.17) is 4.74 Å². The van der Waals surface area contributed by atoms with Crippen LogP contribution in [0.2, 0.25) is 0 Å². The summed E-state index contributed by atoms with van der Waals surface area (Å²) in [6.45, 7) is 18.4. The summed E-state index contributed by atoms with van der Waals surface area (Å²) >= 11 is 0. The Hall–Kier alpha value is -2.37. The molecule has 5 aliphatic rings. The summed E-state index contributed by atoms with van der Waals surface area (Å²) in [6.07, 6.45) is 13.2. The summed E-state index contributed by atoms with van der Waals surface area (Å²) in [5.74, 6) is 1.25. The van der Waals surface area contributed by atoms with Gasteiger partial charge in [0.05, 0.1) is 11.8 Å². The van der Waals surface area contributed by atoms with E-state index in [0.717, 1.165) is 19.3 Å². The van der Waals surface area contributed by atoms with Gasteiger partial charge >= 0.3 is 11.9 Å². The molecule has 9 atom stereocenters. The van der Waals surface area contributed by atoms with Crippen LogP contribution in [0.3, 0.4) is 0 Å². The summed E-state index contributed by atoms with van der Waals surface area (Å²) in [5, 5.41) is 12.9. The second-order valence-electron chi connectivity index (χ2n) is 19.1. The second-order valence-corrected chi connectivity index (χ2v) is 19.1. The van der Waals surface area contributed by atoms with Gasteiger partial charge < -0.3 is 15.2 Å². The van der Waals surface area contributed by atoms with Crippen molar-refractivity contribution in [1.29, 1.82) is 0 Å². The zero-order chi connectivity index (χ0) is 34.9. The Balaban J connectivity index is 1.17. The molecule has 0 aliphatic heterocycles. The highest BCUT2D eigenvalue weighted by Gasteiger charge is 2.70. The molecule has 1 aromatic carbocycles. The molecule has 48 heavy (non-hydrogen) atoms. The Morgan fingerprint density at radius 2 is 1.58 bits per heavy atom. The van der Waals surface area contributed by atoms with Gasteiger partial charge in [0, 0.05) is 18.4 Å². The zero-order valence-electron chi connectivity index (χ0n) is 31.2. The minimum atomic E-state index is -1.13. The Bertz CT molecular complexity index is 1430. The Morgan fingerprint density at radius 1 is 0.854 bits per heavy atom. The zero-order valence-corrected chi connectivity index (χ0v) is 31.2. The van der Waals surface area contributed by atoms with E-state index in [1.807, 2.05) is 0 Å². The third kappa shape index (κ3) is 5.54. The van der Waals surface area contributed by atoms with Crippen LogP contribution in [-0.2, 0) is 25.7 Å². The number of amides is 1. The maximum absolute atomic E-state index is 13.5. The molecule has 1 aromatic rings. The van der Waals surface area contributed by atoms with Gasteiger partial charge in [0.2, 0.25) is 5.91 Å². The molecule has 0 aromatic heterocycles. The smallest absolute Gasteiger partial charge is 0.309 e. The third-order valence-corrected chi connectivity index (χ3v) is 16.2. The number of hydrogen-bond donors (Lipinski definition) is 2. The minimum Gasteiger partial charge on any atom is -0.481 e. The lowest BCUT2D eigenvalue weighted by molar-refractivity contribution is -0.248. The summed E-state index contributed by atoms with van der Waals surface area (Å²) < 4.78 is 6.16. The molecule has 5 saturated carbocycles. The average Bonchev–Trinajstić information content (AvgIpc) is 3.42. The first-order valence-electron chi connectivity index (χ1n) is 19.1. The molecule has 266 valence electrons. The molecule has 2 N–H and O–H groups in total. The van der Waals surface area contributed by atoms with E-state index in [0.29, 0.717) is 36.6 Å². The lowest BCUT2D eigenvalue weighted by Crippen LogP contribution is -2.66. The van der Waals surface area contributed by atoms with Crippen LogP contribution in [-0.4, -0.2) is 29.1 Å². The molecule has 1 amide bonds. The van der Waals surface area contributed by atoms with Crippen molar-refractivity contribution >= 4 is 17.8 Å². The molecule has 6 nitrogen and oxygen atoms in total. The van der Waals surface area contributed by atoms with E-state index in [9.17, 15) is 19.5 Å². The molecule has 6 heteroatoms. The van der Waals surface area contributed by atoms with Crippen LogP contribution in [0.4, 0.5) is 0 Å². The Kier molecular flexibility index (Phi) is 8.97. The fourth-order valence-corrected chi connectivity index (χ4v) is 13.2. The van der Waals surface area contributed by atoms with Crippen molar-refractivity contribution in [2.45, 2.75) is 152 Å². The second kappa shape index (κ2) is 12.1. The number of carboxylic acid groups (broad SMARTS) is 1. The molecule has 5 aliphatic carbocycles. The van der Waals surface area contributed by atoms with Gasteiger partial charge in [-0.25, -0.2) is 0 Å². The van der Waals surface area contributed by atoms with Crippen LogP contribution in [0.1, 0.15) is 143 Å². The normalized spacial score (nSPS) is 40.0. The van der Waals surface area contributed by atoms with Gasteiger partial charge in [0.15, 0.2) is 0 Å². The van der Waals surface area contributed by atoms with Crippen LogP contribution in [0.25, 0.3) is 0 Å². The first-order chi connectivity index (χ1) is 22.4. The van der Waals surface area contributed by atoms with Gasteiger partial charge in [-0.2, -0.15) is 0 Å². The van der Waals surface area contributed by atoms with E-state index in [1.54, 1.807) is 13.8 Å². The van der Waals surface area contributed by atoms with Gasteiger partial charge in [0.25, 0.3) is 0 Å². The predicted octanol–water partition coefficient (Wildman–Crippen LogP) is 9.27. The van der Waals surface area contributed by atoms with Crippen molar-refractivity contribution in [2.24, 2.45) is 56.2 Å². The number of carbonyl (C=O) groups excluding carboxylic acids is 2. The average molecular weight is 662 g/mol. The molecule has 0 radical (unpaired) electrons. The molecule has 6 rings (SSSR count). The van der Waals surface area contributed by atoms with Gasteiger partial charge in [0.1, 0.15) is 6.10 Å². The molecule has 0 spiro atoms. The highest BCUT2D eigenvalue weighted by molar-refractivity contribution is 5.81. The standard InChI is InChI=1S/C42H63NO5/c1-27-12-9-10-13-28(27)26-43-34(44)24-42-19-11-14-30(42)29-15-16-32-39(6)20-18-33(48-35(45)25-37(2,3)36(46)47)38(4,5)31(39)17-21-41(32,8)40(29,7)22-23-42/h9-10,12-13,29-33H,11,14-26H2,1-8H3,(H,43,44)(H,46,47)/t29-,30-,31?,32?,33+,39+,40-,41-,42-/m1/s1. The maximum atomic E-state index is 13.5. The van der Waals surface area contributed by atoms with E-state index in [1.165, 1.54) is 62.5 Å². The molecular weight excluding hydrogens is 598 g/mol. The van der Waals surface area contributed by atoms with E-state index in [-0.39, 0.29) is 51.5 Å². The summed E-state index contributed by atoms with van der Waals surface area (Å²) in [5.41, 5.74) is 1.95. The van der Waals surface area contributed by atoms with Crippen molar-refractivity contribution in [2.75, 3.05) is 0 Å². The SMILES string of the molecule is Cc1ccccc1CNC(=O)C[C@]12CCC[C@@H]1[C@H]1CCC3[C@@]4(C)CC[C@H](OC(=O)CC(C)(C)C(=O)O)C(C)(C)C4CC[C@@]3(C)[C@]1(C)CC2. The van der Waals surface area contributed by atoms with E-state index in [2.05, 4.69) is 71.1 Å². The molecule has 2 unspecified atom stereocenters. The number of aryl methyl sites for hydroxylation is 1. The fourth-order valence-electron chi connectivity index (χ4n) is 13.2. The highest BCUT2D eigenvalue weighted by atomic mass is 16.5. The van der Waals surface area contributed by atoms with Crippen molar-refractivity contribution in [1.82, 2.24) is 5.32 Å². The first-order valence-corrected chi connectivity index (χ1v) is 19.1. The number of carbonyl (C=O) groups is 3. The Labute approximate surface area is 289 Å². The van der Waals surface area contributed by atoms with Crippen LogP contribution < -0.4 is 5.32 Å². The monoisotopic (exact) mass is 661 g/mol. The number of aliphatic carboxylic acids is 1. The van der Waals surface area contributed by atoms with Gasteiger partial charge in [-0.1, -0.05) is 65.3 Å². The summed E-state index contributed by atoms with van der Waals surface area (Å²) in [6, 6.07) is 8.35. The molecular formula is C42H63NO5. The quantitative estimate of drug-likeness (QED) is 0.271. The van der Waals surface area contributed by atoms with Gasteiger partial charge in [-0.15, -0.1) is 0 Å². The van der Waals surface area contributed by atoms with Crippen LogP contribution in [0.15, 0.2) is 24.3 Å². The summed E-state index contributed by atoms with van der Waals surface area (Å²) in [4.78, 5) is 38.3. The number of esters is 1. The van der Waals surface area contributed by atoms with Crippen LogP contribution >= 0.6 is 0 Å².